The molecule has 0 spiro atoms. The molecule has 0 radical (unpaired) electrons. The molecular formula is C26H35F6N3O. The standard InChI is InChI=1S/C26H35F6N3O/c1-2-22-14-21(33-15-17-11-19(25(27,28)29)13-20(12-17)26(30,31)32)16-35(22)24(36)34-10-6-9-23(34)18-7-4-3-5-8-18/h11-13,18,21-23,33H,2-10,14-16H2,1H3/t21-,22+,23?/m0/s1. The predicted molar refractivity (Wildman–Crippen MR) is 124 cm³/mol. The van der Waals surface area contributed by atoms with Gasteiger partial charge in [-0.3, -0.25) is 0 Å². The van der Waals surface area contributed by atoms with Gasteiger partial charge in [0.2, 0.25) is 0 Å². The Kier molecular flexibility index (Phi) is 8.12. The molecule has 1 saturated carbocycles. The summed E-state index contributed by atoms with van der Waals surface area (Å²) in [5.74, 6) is 0.547. The van der Waals surface area contributed by atoms with E-state index in [0.29, 0.717) is 18.9 Å². The molecule has 3 aliphatic rings. The van der Waals surface area contributed by atoms with Gasteiger partial charge in [-0.05, 0) is 68.2 Å². The number of hydrogen-bond donors (Lipinski definition) is 1. The van der Waals surface area contributed by atoms with Crippen LogP contribution >= 0.6 is 0 Å². The number of hydrogen-bond acceptors (Lipinski definition) is 2. The Bertz CT molecular complexity index is 880. The van der Waals surface area contributed by atoms with E-state index in [4.69, 9.17) is 0 Å². The number of rotatable bonds is 5. The Hall–Kier alpha value is -1.97. The molecule has 1 aromatic carbocycles. The average Bonchev–Trinajstić information content (AvgIpc) is 3.49. The highest BCUT2D eigenvalue weighted by Crippen LogP contribution is 2.37. The van der Waals surface area contributed by atoms with Crippen molar-refractivity contribution in [2.24, 2.45) is 5.92 Å². The maximum Gasteiger partial charge on any atom is 0.416 e. The summed E-state index contributed by atoms with van der Waals surface area (Å²) in [7, 11) is 0. The Morgan fingerprint density at radius 2 is 1.56 bits per heavy atom. The van der Waals surface area contributed by atoms with E-state index in [1.165, 1.54) is 19.3 Å². The molecule has 4 rings (SSSR count). The zero-order chi connectivity index (χ0) is 26.1. The van der Waals surface area contributed by atoms with Gasteiger partial charge in [0, 0.05) is 37.8 Å². The first kappa shape index (κ1) is 27.1. The average molecular weight is 520 g/mol. The second kappa shape index (κ2) is 10.8. The summed E-state index contributed by atoms with van der Waals surface area (Å²) in [6.45, 7) is 3.01. The van der Waals surface area contributed by atoms with Crippen LogP contribution in [0.15, 0.2) is 18.2 Å². The molecular weight excluding hydrogens is 484 g/mol. The highest BCUT2D eigenvalue weighted by Gasteiger charge is 2.42. The number of urea groups is 1. The van der Waals surface area contributed by atoms with Gasteiger partial charge in [-0.2, -0.15) is 26.3 Å². The lowest BCUT2D eigenvalue weighted by molar-refractivity contribution is -0.143. The number of carbonyl (C=O) groups excluding carboxylic acids is 1. The number of nitrogens with one attached hydrogen (secondary N) is 1. The summed E-state index contributed by atoms with van der Waals surface area (Å²) in [5, 5.41) is 3.12. The Balaban J connectivity index is 1.42. The third-order valence-electron chi connectivity index (χ3n) is 8.11. The molecule has 3 fully saturated rings. The smallest absolute Gasteiger partial charge is 0.321 e. The highest BCUT2D eigenvalue weighted by molar-refractivity contribution is 5.76. The lowest BCUT2D eigenvalue weighted by atomic mass is 9.83. The lowest BCUT2D eigenvalue weighted by Gasteiger charge is -2.37. The quantitative estimate of drug-likeness (QED) is 0.433. The minimum Gasteiger partial charge on any atom is -0.321 e. The SMILES string of the molecule is CC[C@@H]1C[C@H](NCc2cc(C(F)(F)F)cc(C(F)(F)F)c2)CN1C(=O)N1CCCC1C1CCCCC1. The molecule has 36 heavy (non-hydrogen) atoms. The van der Waals surface area contributed by atoms with Crippen molar-refractivity contribution in [3.63, 3.8) is 0 Å². The largest absolute Gasteiger partial charge is 0.416 e. The highest BCUT2D eigenvalue weighted by atomic mass is 19.4. The van der Waals surface area contributed by atoms with Gasteiger partial charge in [0.1, 0.15) is 0 Å². The normalized spacial score (nSPS) is 26.1. The summed E-state index contributed by atoms with van der Waals surface area (Å²) < 4.78 is 79.2. The molecule has 1 unspecified atom stereocenters. The molecule has 4 nitrogen and oxygen atoms in total. The third kappa shape index (κ3) is 6.11. The molecule has 1 aliphatic carbocycles. The van der Waals surface area contributed by atoms with Crippen LogP contribution in [0.4, 0.5) is 31.1 Å². The van der Waals surface area contributed by atoms with Crippen molar-refractivity contribution < 1.29 is 31.1 Å². The number of nitrogens with zero attached hydrogens (tertiary/aromatic N) is 2. The fraction of sp³-hybridized carbons (Fsp3) is 0.731. The van der Waals surface area contributed by atoms with Gasteiger partial charge in [-0.25, -0.2) is 4.79 Å². The van der Waals surface area contributed by atoms with Crippen LogP contribution in [0.1, 0.15) is 81.4 Å². The van der Waals surface area contributed by atoms with Crippen molar-refractivity contribution in [1.29, 1.82) is 0 Å². The summed E-state index contributed by atoms with van der Waals surface area (Å²) >= 11 is 0. The number of halogens is 6. The molecule has 3 atom stereocenters. The van der Waals surface area contributed by atoms with Gasteiger partial charge >= 0.3 is 18.4 Å². The van der Waals surface area contributed by atoms with Crippen LogP contribution in [0.2, 0.25) is 0 Å². The van der Waals surface area contributed by atoms with Crippen molar-refractivity contribution in [3.8, 4) is 0 Å². The first-order valence-corrected chi connectivity index (χ1v) is 13.1. The van der Waals surface area contributed by atoms with Crippen molar-refractivity contribution in [2.75, 3.05) is 13.1 Å². The maximum atomic E-state index is 13.6. The van der Waals surface area contributed by atoms with Gasteiger partial charge < -0.3 is 15.1 Å². The zero-order valence-electron chi connectivity index (χ0n) is 20.6. The number of alkyl halides is 6. The molecule has 0 bridgehead atoms. The van der Waals surface area contributed by atoms with Crippen LogP contribution in [0.3, 0.4) is 0 Å². The fourth-order valence-electron chi connectivity index (χ4n) is 6.27. The summed E-state index contributed by atoms with van der Waals surface area (Å²) in [6.07, 6.45) is -0.359. The number of likely N-dealkylation sites (tertiary alicyclic amines) is 2. The zero-order valence-corrected chi connectivity index (χ0v) is 20.6. The van der Waals surface area contributed by atoms with Gasteiger partial charge in [0.15, 0.2) is 0 Å². The molecule has 2 saturated heterocycles. The van der Waals surface area contributed by atoms with Crippen LogP contribution in [0.25, 0.3) is 0 Å². The van der Waals surface area contributed by atoms with E-state index in [9.17, 15) is 31.1 Å². The van der Waals surface area contributed by atoms with Crippen LogP contribution in [-0.2, 0) is 18.9 Å². The van der Waals surface area contributed by atoms with E-state index in [1.807, 2.05) is 16.7 Å². The van der Waals surface area contributed by atoms with E-state index in [0.717, 1.165) is 50.8 Å². The van der Waals surface area contributed by atoms with E-state index in [1.54, 1.807) is 0 Å². The summed E-state index contributed by atoms with van der Waals surface area (Å²) in [6, 6.07) is 1.76. The molecule has 10 heteroatoms. The maximum absolute atomic E-state index is 13.6. The number of amides is 2. The topological polar surface area (TPSA) is 35.6 Å². The second-order valence-corrected chi connectivity index (χ2v) is 10.5. The van der Waals surface area contributed by atoms with Crippen LogP contribution in [0, 0.1) is 5.92 Å². The minimum atomic E-state index is -4.87. The summed E-state index contributed by atoms with van der Waals surface area (Å²) in [5.41, 5.74) is -2.70. The molecule has 202 valence electrons. The van der Waals surface area contributed by atoms with E-state index >= 15 is 0 Å². The molecule has 0 aromatic heterocycles. The Labute approximate surface area is 208 Å². The molecule has 1 aromatic rings. The summed E-state index contributed by atoms with van der Waals surface area (Å²) in [4.78, 5) is 17.5. The van der Waals surface area contributed by atoms with Crippen molar-refractivity contribution in [1.82, 2.24) is 15.1 Å². The molecule has 1 N–H and O–H groups in total. The van der Waals surface area contributed by atoms with Crippen molar-refractivity contribution in [3.05, 3.63) is 34.9 Å². The van der Waals surface area contributed by atoms with Crippen molar-refractivity contribution in [2.45, 2.75) is 102 Å². The monoisotopic (exact) mass is 519 g/mol. The van der Waals surface area contributed by atoms with Gasteiger partial charge in [0.25, 0.3) is 0 Å². The fourth-order valence-corrected chi connectivity index (χ4v) is 6.27. The Morgan fingerprint density at radius 3 is 2.14 bits per heavy atom. The van der Waals surface area contributed by atoms with Crippen molar-refractivity contribution >= 4 is 6.03 Å². The van der Waals surface area contributed by atoms with Gasteiger partial charge in [-0.15, -0.1) is 0 Å². The van der Waals surface area contributed by atoms with Crippen LogP contribution in [0.5, 0.6) is 0 Å². The third-order valence-corrected chi connectivity index (χ3v) is 8.11. The van der Waals surface area contributed by atoms with Gasteiger partial charge in [-0.1, -0.05) is 26.2 Å². The molecule has 2 heterocycles. The van der Waals surface area contributed by atoms with E-state index < -0.39 is 23.5 Å². The van der Waals surface area contributed by atoms with Gasteiger partial charge in [0.05, 0.1) is 11.1 Å². The minimum absolute atomic E-state index is 0.00477. The Morgan fingerprint density at radius 1 is 0.917 bits per heavy atom. The van der Waals surface area contributed by atoms with Crippen LogP contribution < -0.4 is 5.32 Å². The first-order chi connectivity index (χ1) is 17.0. The number of benzene rings is 1. The predicted octanol–water partition coefficient (Wildman–Crippen LogP) is 6.83. The molecule has 2 amide bonds. The lowest BCUT2D eigenvalue weighted by Crippen LogP contribution is -2.50. The molecule has 2 aliphatic heterocycles. The van der Waals surface area contributed by atoms with Crippen LogP contribution in [-0.4, -0.2) is 47.0 Å². The number of carbonyl (C=O) groups is 1. The first-order valence-electron chi connectivity index (χ1n) is 13.1. The van der Waals surface area contributed by atoms with E-state index in [2.05, 4.69) is 5.32 Å². The van der Waals surface area contributed by atoms with E-state index in [-0.39, 0.29) is 42.3 Å². The second-order valence-electron chi connectivity index (χ2n) is 10.5.